The third kappa shape index (κ3) is 5.10. The Kier molecular flexibility index (Phi) is 6.92. The molecule has 168 valence electrons. The number of nitrogens with zero attached hydrogens (tertiary/aromatic N) is 4. The SMILES string of the molecule is Cn1nccc1C(=O)N1CCCCC2(CO)CCN(CC2)Cc2ccccc2OCC1. The van der Waals surface area contributed by atoms with E-state index < -0.39 is 0 Å². The number of hydrogen-bond donors (Lipinski definition) is 1. The van der Waals surface area contributed by atoms with Gasteiger partial charge in [0.1, 0.15) is 18.1 Å². The molecule has 0 unspecified atom stereocenters. The fraction of sp³-hybridized carbons (Fsp3) is 0.583. The van der Waals surface area contributed by atoms with Crippen molar-refractivity contribution in [2.75, 3.05) is 39.4 Å². The van der Waals surface area contributed by atoms with E-state index in [4.69, 9.17) is 4.74 Å². The number of amides is 1. The number of hydrogen-bond acceptors (Lipinski definition) is 5. The third-order valence-electron chi connectivity index (χ3n) is 6.95. The van der Waals surface area contributed by atoms with Gasteiger partial charge in [-0.15, -0.1) is 0 Å². The fourth-order valence-electron chi connectivity index (χ4n) is 4.82. The van der Waals surface area contributed by atoms with Crippen LogP contribution in [0.5, 0.6) is 5.75 Å². The minimum absolute atomic E-state index is 0.00915. The molecular weight excluding hydrogens is 392 g/mol. The zero-order valence-corrected chi connectivity index (χ0v) is 18.5. The van der Waals surface area contributed by atoms with Crippen molar-refractivity contribution in [1.29, 1.82) is 0 Å². The molecule has 1 aromatic heterocycles. The van der Waals surface area contributed by atoms with Crippen molar-refractivity contribution in [1.82, 2.24) is 19.6 Å². The highest BCUT2D eigenvalue weighted by atomic mass is 16.5. The van der Waals surface area contributed by atoms with Gasteiger partial charge >= 0.3 is 0 Å². The maximum atomic E-state index is 13.1. The summed E-state index contributed by atoms with van der Waals surface area (Å²) in [6.07, 6.45) is 6.64. The Bertz CT molecular complexity index is 873. The Balaban J connectivity index is 1.53. The van der Waals surface area contributed by atoms with Crippen molar-refractivity contribution in [3.8, 4) is 5.75 Å². The molecule has 1 fully saturated rings. The predicted molar refractivity (Wildman–Crippen MR) is 119 cm³/mol. The standard InChI is InChI=1S/C24H34N4O3/c1-26-21(8-12-25-26)23(30)28-13-5-4-9-24(19-29)10-14-27(15-11-24)18-20-6-2-3-7-22(20)31-17-16-28/h2-3,6-8,12,29H,4-5,9-11,13-19H2,1H3. The van der Waals surface area contributed by atoms with Crippen LogP contribution in [-0.4, -0.2) is 70.0 Å². The summed E-state index contributed by atoms with van der Waals surface area (Å²) in [5.41, 5.74) is 1.79. The first-order valence-electron chi connectivity index (χ1n) is 11.4. The minimum atomic E-state index is -0.00915. The number of carbonyl (C=O) groups is 1. The smallest absolute Gasteiger partial charge is 0.272 e. The first-order valence-corrected chi connectivity index (χ1v) is 11.4. The van der Waals surface area contributed by atoms with Gasteiger partial charge in [-0.25, -0.2) is 0 Å². The van der Waals surface area contributed by atoms with Crippen molar-refractivity contribution in [3.05, 3.63) is 47.8 Å². The highest BCUT2D eigenvalue weighted by molar-refractivity contribution is 5.92. The van der Waals surface area contributed by atoms with E-state index in [2.05, 4.69) is 22.1 Å². The molecule has 0 saturated carbocycles. The number of fused-ring (bicyclic) bond motifs is 9. The van der Waals surface area contributed by atoms with Gasteiger partial charge in [0.15, 0.2) is 0 Å². The van der Waals surface area contributed by atoms with Crippen molar-refractivity contribution in [2.24, 2.45) is 12.5 Å². The number of aliphatic hydroxyl groups excluding tert-OH is 1. The van der Waals surface area contributed by atoms with E-state index in [0.717, 1.165) is 57.5 Å². The van der Waals surface area contributed by atoms with Gasteiger partial charge in [-0.2, -0.15) is 5.10 Å². The van der Waals surface area contributed by atoms with Crippen molar-refractivity contribution < 1.29 is 14.6 Å². The highest BCUT2D eigenvalue weighted by Crippen LogP contribution is 2.37. The molecule has 2 bridgehead atoms. The van der Waals surface area contributed by atoms with E-state index in [-0.39, 0.29) is 17.9 Å². The Morgan fingerprint density at radius 1 is 1.10 bits per heavy atom. The molecule has 31 heavy (non-hydrogen) atoms. The van der Waals surface area contributed by atoms with Crippen LogP contribution in [0.4, 0.5) is 0 Å². The molecule has 7 heteroatoms. The number of rotatable bonds is 2. The summed E-state index contributed by atoms with van der Waals surface area (Å²) < 4.78 is 7.78. The van der Waals surface area contributed by atoms with E-state index in [0.29, 0.717) is 25.4 Å². The van der Waals surface area contributed by atoms with Gasteiger partial charge in [-0.1, -0.05) is 24.6 Å². The summed E-state index contributed by atoms with van der Waals surface area (Å²) >= 11 is 0. The van der Waals surface area contributed by atoms with Crippen molar-refractivity contribution >= 4 is 5.91 Å². The van der Waals surface area contributed by atoms with Gasteiger partial charge in [-0.05, 0) is 56.3 Å². The molecule has 1 aromatic carbocycles. The van der Waals surface area contributed by atoms with Gasteiger partial charge < -0.3 is 14.7 Å². The second-order valence-electron chi connectivity index (χ2n) is 8.98. The number of aryl methyl sites for hydroxylation is 1. The highest BCUT2D eigenvalue weighted by Gasteiger charge is 2.34. The predicted octanol–water partition coefficient (Wildman–Crippen LogP) is 2.70. The average Bonchev–Trinajstić information content (AvgIpc) is 3.22. The molecule has 0 radical (unpaired) electrons. The summed E-state index contributed by atoms with van der Waals surface area (Å²) in [4.78, 5) is 17.5. The second kappa shape index (κ2) is 9.83. The van der Waals surface area contributed by atoms with E-state index in [1.54, 1.807) is 24.0 Å². The molecule has 1 saturated heterocycles. The van der Waals surface area contributed by atoms with E-state index in [1.165, 1.54) is 5.56 Å². The quantitative estimate of drug-likeness (QED) is 0.800. The lowest BCUT2D eigenvalue weighted by atomic mass is 9.75. The van der Waals surface area contributed by atoms with Gasteiger partial charge in [-0.3, -0.25) is 14.4 Å². The van der Waals surface area contributed by atoms with Gasteiger partial charge in [0.25, 0.3) is 5.91 Å². The van der Waals surface area contributed by atoms with E-state index in [1.807, 2.05) is 17.0 Å². The number of benzene rings is 1. The molecule has 0 aliphatic carbocycles. The van der Waals surface area contributed by atoms with Gasteiger partial charge in [0.05, 0.1) is 6.54 Å². The molecule has 0 spiro atoms. The monoisotopic (exact) mass is 426 g/mol. The molecule has 3 aliphatic heterocycles. The molecule has 3 aliphatic rings. The van der Waals surface area contributed by atoms with Crippen LogP contribution in [0.1, 0.15) is 48.2 Å². The van der Waals surface area contributed by atoms with Crippen LogP contribution in [0.15, 0.2) is 36.5 Å². The summed E-state index contributed by atoms with van der Waals surface area (Å²) in [7, 11) is 1.80. The van der Waals surface area contributed by atoms with E-state index in [9.17, 15) is 9.90 Å². The molecular formula is C24H34N4O3. The first-order chi connectivity index (χ1) is 15.1. The number of aliphatic hydroxyl groups is 1. The third-order valence-corrected chi connectivity index (χ3v) is 6.95. The summed E-state index contributed by atoms with van der Waals surface area (Å²) in [6.45, 7) is 4.78. The number of carbonyl (C=O) groups excluding carboxylic acids is 1. The van der Waals surface area contributed by atoms with Crippen LogP contribution >= 0.6 is 0 Å². The Morgan fingerprint density at radius 2 is 1.90 bits per heavy atom. The van der Waals surface area contributed by atoms with Gasteiger partial charge in [0, 0.05) is 38.5 Å². The molecule has 1 N–H and O–H groups in total. The summed E-state index contributed by atoms with van der Waals surface area (Å²) in [5, 5.41) is 14.3. The molecule has 4 heterocycles. The van der Waals surface area contributed by atoms with Crippen LogP contribution < -0.4 is 4.74 Å². The van der Waals surface area contributed by atoms with Crippen LogP contribution in [-0.2, 0) is 13.6 Å². The Morgan fingerprint density at radius 3 is 2.65 bits per heavy atom. The van der Waals surface area contributed by atoms with Crippen molar-refractivity contribution in [2.45, 2.75) is 38.6 Å². The van der Waals surface area contributed by atoms with Crippen LogP contribution in [0.2, 0.25) is 0 Å². The molecule has 0 atom stereocenters. The number of ether oxygens (including phenoxy) is 1. The van der Waals surface area contributed by atoms with Gasteiger partial charge in [0.2, 0.25) is 0 Å². The number of piperidine rings is 1. The molecule has 5 rings (SSSR count). The maximum Gasteiger partial charge on any atom is 0.272 e. The van der Waals surface area contributed by atoms with Crippen LogP contribution in [0.3, 0.4) is 0 Å². The maximum absolute atomic E-state index is 13.1. The van der Waals surface area contributed by atoms with Crippen LogP contribution in [0.25, 0.3) is 0 Å². The Hall–Kier alpha value is -2.38. The zero-order chi connectivity index (χ0) is 21.7. The lowest BCUT2D eigenvalue weighted by Crippen LogP contribution is -2.41. The second-order valence-corrected chi connectivity index (χ2v) is 8.98. The molecule has 2 aromatic rings. The lowest BCUT2D eigenvalue weighted by Gasteiger charge is -2.41. The molecule has 1 amide bonds. The zero-order valence-electron chi connectivity index (χ0n) is 18.5. The molecule has 7 nitrogen and oxygen atoms in total. The average molecular weight is 427 g/mol. The summed E-state index contributed by atoms with van der Waals surface area (Å²) in [5.74, 6) is 0.884. The minimum Gasteiger partial charge on any atom is -0.491 e. The number of aromatic nitrogens is 2. The van der Waals surface area contributed by atoms with Crippen LogP contribution in [0, 0.1) is 5.41 Å². The lowest BCUT2D eigenvalue weighted by molar-refractivity contribution is 0.0319. The Labute approximate surface area is 184 Å². The number of para-hydroxylation sites is 1. The largest absolute Gasteiger partial charge is 0.491 e. The van der Waals surface area contributed by atoms with E-state index >= 15 is 0 Å². The van der Waals surface area contributed by atoms with Crippen molar-refractivity contribution in [3.63, 3.8) is 0 Å². The topological polar surface area (TPSA) is 70.8 Å². The fourth-order valence-corrected chi connectivity index (χ4v) is 4.82. The first kappa shape index (κ1) is 21.8. The normalized spacial score (nSPS) is 25.2. The summed E-state index contributed by atoms with van der Waals surface area (Å²) in [6, 6.07) is 9.96.